The molecule has 0 aromatic heterocycles. The van der Waals surface area contributed by atoms with Crippen LogP contribution in [0.15, 0.2) is 12.0 Å². The van der Waals surface area contributed by atoms with Crippen LogP contribution >= 0.6 is 0 Å². The molecule has 1 atom stereocenters. The summed E-state index contributed by atoms with van der Waals surface area (Å²) < 4.78 is 4.94. The number of carbonyl (C=O) groups is 2. The van der Waals surface area contributed by atoms with Crippen molar-refractivity contribution in [3.63, 3.8) is 0 Å². The molecule has 7 nitrogen and oxygen atoms in total. The number of piperidine rings is 1. The van der Waals surface area contributed by atoms with Gasteiger partial charge in [-0.25, -0.2) is 4.79 Å². The molecule has 106 valence electrons. The predicted molar refractivity (Wildman–Crippen MR) is 66.9 cm³/mol. The van der Waals surface area contributed by atoms with Gasteiger partial charge in [0.1, 0.15) is 17.6 Å². The summed E-state index contributed by atoms with van der Waals surface area (Å²) in [7, 11) is 0. The van der Waals surface area contributed by atoms with Gasteiger partial charge >= 0.3 is 6.09 Å². The number of nitrogens with one attached hydrogen (secondary N) is 2. The molecule has 2 aliphatic heterocycles. The SMILES string of the molecule is CCC1(NC(=O)C2=COCN2)CCCCN1C(=O)O. The van der Waals surface area contributed by atoms with E-state index in [1.54, 1.807) is 0 Å². The van der Waals surface area contributed by atoms with Gasteiger partial charge in [-0.3, -0.25) is 9.69 Å². The second kappa shape index (κ2) is 5.38. The van der Waals surface area contributed by atoms with Crippen molar-refractivity contribution in [3.8, 4) is 0 Å². The zero-order chi connectivity index (χ0) is 13.9. The number of likely N-dealkylation sites (tertiary alicyclic amines) is 1. The highest BCUT2D eigenvalue weighted by Gasteiger charge is 2.42. The van der Waals surface area contributed by atoms with E-state index in [1.165, 1.54) is 11.2 Å². The summed E-state index contributed by atoms with van der Waals surface area (Å²) in [6, 6.07) is 0. The first kappa shape index (κ1) is 13.5. The Balaban J connectivity index is 2.15. The van der Waals surface area contributed by atoms with E-state index in [4.69, 9.17) is 4.74 Å². The smallest absolute Gasteiger partial charge is 0.409 e. The Morgan fingerprint density at radius 3 is 2.95 bits per heavy atom. The van der Waals surface area contributed by atoms with E-state index in [-0.39, 0.29) is 12.6 Å². The molecule has 0 saturated carbocycles. The van der Waals surface area contributed by atoms with Gasteiger partial charge < -0.3 is 20.5 Å². The van der Waals surface area contributed by atoms with Crippen molar-refractivity contribution in [2.24, 2.45) is 0 Å². The average Bonchev–Trinajstić information content (AvgIpc) is 2.93. The van der Waals surface area contributed by atoms with Crippen LogP contribution in [0, 0.1) is 0 Å². The molecule has 1 unspecified atom stereocenters. The van der Waals surface area contributed by atoms with Crippen molar-refractivity contribution >= 4 is 12.0 Å². The quantitative estimate of drug-likeness (QED) is 0.704. The highest BCUT2D eigenvalue weighted by Crippen LogP contribution is 2.29. The maximum Gasteiger partial charge on any atom is 0.409 e. The molecule has 7 heteroatoms. The third-order valence-electron chi connectivity index (χ3n) is 3.69. The Morgan fingerprint density at radius 2 is 2.37 bits per heavy atom. The van der Waals surface area contributed by atoms with Gasteiger partial charge in [-0.05, 0) is 25.7 Å². The predicted octanol–water partition coefficient (Wildman–Crippen LogP) is 0.791. The Labute approximate surface area is 111 Å². The second-order valence-electron chi connectivity index (χ2n) is 4.75. The fourth-order valence-electron chi connectivity index (χ4n) is 2.60. The van der Waals surface area contributed by atoms with Crippen LogP contribution in [0.2, 0.25) is 0 Å². The van der Waals surface area contributed by atoms with Crippen molar-refractivity contribution in [2.75, 3.05) is 13.3 Å². The number of hydrogen-bond donors (Lipinski definition) is 3. The largest absolute Gasteiger partial charge is 0.479 e. The summed E-state index contributed by atoms with van der Waals surface area (Å²) in [6.07, 6.45) is 3.27. The number of carboxylic acid groups (broad SMARTS) is 1. The molecule has 0 aromatic carbocycles. The van der Waals surface area contributed by atoms with Gasteiger partial charge in [-0.15, -0.1) is 0 Å². The third-order valence-corrected chi connectivity index (χ3v) is 3.69. The lowest BCUT2D eigenvalue weighted by Gasteiger charge is -2.45. The minimum Gasteiger partial charge on any atom is -0.479 e. The Morgan fingerprint density at radius 1 is 1.58 bits per heavy atom. The first-order valence-corrected chi connectivity index (χ1v) is 6.48. The normalized spacial score (nSPS) is 26.2. The molecule has 2 rings (SSSR count). The van der Waals surface area contributed by atoms with Gasteiger partial charge in [-0.2, -0.15) is 0 Å². The first-order chi connectivity index (χ1) is 9.09. The van der Waals surface area contributed by atoms with Crippen molar-refractivity contribution in [2.45, 2.75) is 38.3 Å². The van der Waals surface area contributed by atoms with Gasteiger partial charge in [0.05, 0.1) is 0 Å². The molecule has 0 spiro atoms. The minimum atomic E-state index is -0.994. The summed E-state index contributed by atoms with van der Waals surface area (Å²) in [5.41, 5.74) is -0.476. The number of carbonyl (C=O) groups excluding carboxylic acids is 1. The standard InChI is InChI=1S/C12H19N3O4/c1-2-12(5-3-4-6-15(12)11(17)18)14-10(16)9-7-19-8-13-9/h7,13H,2-6,8H2,1H3,(H,14,16)(H,17,18). The first-order valence-electron chi connectivity index (χ1n) is 6.48. The fourth-order valence-corrected chi connectivity index (χ4v) is 2.60. The van der Waals surface area contributed by atoms with Crippen LogP contribution in [0.5, 0.6) is 0 Å². The van der Waals surface area contributed by atoms with Gasteiger partial charge in [0, 0.05) is 6.54 Å². The van der Waals surface area contributed by atoms with Crippen LogP contribution in [0.4, 0.5) is 4.79 Å². The highest BCUT2D eigenvalue weighted by atomic mass is 16.5. The molecule has 1 saturated heterocycles. The van der Waals surface area contributed by atoms with Crippen molar-refractivity contribution in [1.82, 2.24) is 15.5 Å². The molecule has 2 heterocycles. The van der Waals surface area contributed by atoms with Crippen LogP contribution in [0.3, 0.4) is 0 Å². The van der Waals surface area contributed by atoms with E-state index < -0.39 is 11.8 Å². The third kappa shape index (κ3) is 2.59. The molecule has 2 amide bonds. The van der Waals surface area contributed by atoms with Crippen molar-refractivity contribution in [3.05, 3.63) is 12.0 Å². The number of amides is 2. The molecule has 2 aliphatic rings. The maximum atomic E-state index is 12.1. The van der Waals surface area contributed by atoms with Crippen LogP contribution in [-0.4, -0.2) is 40.9 Å². The number of hydrogen-bond acceptors (Lipinski definition) is 4. The Bertz CT molecular complexity index is 410. The summed E-state index contributed by atoms with van der Waals surface area (Å²) >= 11 is 0. The number of rotatable bonds is 3. The second-order valence-corrected chi connectivity index (χ2v) is 4.75. The minimum absolute atomic E-state index is 0.268. The Hall–Kier alpha value is -1.92. The molecule has 19 heavy (non-hydrogen) atoms. The fraction of sp³-hybridized carbons (Fsp3) is 0.667. The summed E-state index contributed by atoms with van der Waals surface area (Å²) in [6.45, 7) is 2.60. The van der Waals surface area contributed by atoms with Crippen molar-refractivity contribution in [1.29, 1.82) is 0 Å². The number of nitrogens with zero attached hydrogens (tertiary/aromatic N) is 1. The summed E-state index contributed by atoms with van der Waals surface area (Å²) in [4.78, 5) is 24.8. The van der Waals surface area contributed by atoms with Gasteiger partial charge in [0.15, 0.2) is 6.73 Å². The molecule has 0 bridgehead atoms. The molecule has 1 fully saturated rings. The molecule has 0 radical (unpaired) electrons. The lowest BCUT2D eigenvalue weighted by atomic mass is 9.92. The van der Waals surface area contributed by atoms with Gasteiger partial charge in [-0.1, -0.05) is 6.92 Å². The van der Waals surface area contributed by atoms with Crippen LogP contribution in [-0.2, 0) is 9.53 Å². The Kier molecular flexibility index (Phi) is 3.82. The highest BCUT2D eigenvalue weighted by molar-refractivity contribution is 5.93. The van der Waals surface area contributed by atoms with Crippen LogP contribution in [0.25, 0.3) is 0 Å². The molecular formula is C12H19N3O4. The average molecular weight is 269 g/mol. The van der Waals surface area contributed by atoms with E-state index in [0.29, 0.717) is 25.1 Å². The van der Waals surface area contributed by atoms with E-state index in [0.717, 1.165) is 12.8 Å². The summed E-state index contributed by atoms with van der Waals surface area (Å²) in [5.74, 6) is -0.326. The lowest BCUT2D eigenvalue weighted by Crippen LogP contribution is -2.64. The zero-order valence-electron chi connectivity index (χ0n) is 10.9. The molecular weight excluding hydrogens is 250 g/mol. The van der Waals surface area contributed by atoms with E-state index >= 15 is 0 Å². The van der Waals surface area contributed by atoms with E-state index in [2.05, 4.69) is 10.6 Å². The van der Waals surface area contributed by atoms with Gasteiger partial charge in [0.2, 0.25) is 0 Å². The molecule has 0 aromatic rings. The lowest BCUT2D eigenvalue weighted by molar-refractivity contribution is -0.123. The van der Waals surface area contributed by atoms with Crippen LogP contribution in [0.1, 0.15) is 32.6 Å². The molecule has 0 aliphatic carbocycles. The monoisotopic (exact) mass is 269 g/mol. The van der Waals surface area contributed by atoms with E-state index in [1.807, 2.05) is 6.92 Å². The van der Waals surface area contributed by atoms with Gasteiger partial charge in [0.25, 0.3) is 5.91 Å². The molecule has 3 N–H and O–H groups in total. The summed E-state index contributed by atoms with van der Waals surface area (Å²) in [5, 5.41) is 14.9. The van der Waals surface area contributed by atoms with Crippen LogP contribution < -0.4 is 10.6 Å². The van der Waals surface area contributed by atoms with E-state index in [9.17, 15) is 14.7 Å². The van der Waals surface area contributed by atoms with Crippen molar-refractivity contribution < 1.29 is 19.4 Å². The number of ether oxygens (including phenoxy) is 1. The topological polar surface area (TPSA) is 90.9 Å². The maximum absolute atomic E-state index is 12.1. The zero-order valence-corrected chi connectivity index (χ0v) is 10.9.